The highest BCUT2D eigenvalue weighted by Gasteiger charge is 2.04. The van der Waals surface area contributed by atoms with Crippen molar-refractivity contribution < 1.29 is 5.11 Å². The summed E-state index contributed by atoms with van der Waals surface area (Å²) in [6, 6.07) is 0. The van der Waals surface area contributed by atoms with E-state index in [0.717, 1.165) is 23.5 Å². The van der Waals surface area contributed by atoms with E-state index in [1.165, 1.54) is 0 Å². The van der Waals surface area contributed by atoms with Gasteiger partial charge in [-0.25, -0.2) is 9.97 Å². The first-order chi connectivity index (χ1) is 6.13. The van der Waals surface area contributed by atoms with E-state index in [0.29, 0.717) is 5.92 Å². The van der Waals surface area contributed by atoms with Crippen LogP contribution in [-0.4, -0.2) is 15.1 Å². The Morgan fingerprint density at radius 1 is 1.46 bits per heavy atom. The molecule has 0 saturated carbocycles. The van der Waals surface area contributed by atoms with Gasteiger partial charge in [-0.05, 0) is 18.4 Å². The smallest absolute Gasteiger partial charge is 0.128 e. The molecular weight excluding hydrogens is 164 g/mol. The Labute approximate surface area is 78.9 Å². The molecule has 3 heteroatoms. The van der Waals surface area contributed by atoms with Crippen LogP contribution in [0.3, 0.4) is 0 Å². The number of hydrogen-bond donors (Lipinski definition) is 1. The van der Waals surface area contributed by atoms with E-state index in [1.807, 2.05) is 6.92 Å². The molecule has 0 atom stereocenters. The summed E-state index contributed by atoms with van der Waals surface area (Å²) >= 11 is 0. The molecule has 72 valence electrons. The van der Waals surface area contributed by atoms with E-state index in [1.54, 1.807) is 6.20 Å². The minimum atomic E-state index is -0.000547. The van der Waals surface area contributed by atoms with Crippen LogP contribution in [0.25, 0.3) is 0 Å². The normalized spacial score (nSPS) is 10.8. The number of hydrogen-bond acceptors (Lipinski definition) is 3. The molecule has 1 aromatic rings. The molecule has 0 aliphatic rings. The van der Waals surface area contributed by atoms with Crippen molar-refractivity contribution in [2.24, 2.45) is 5.92 Å². The van der Waals surface area contributed by atoms with Crippen molar-refractivity contribution in [3.8, 4) is 0 Å². The van der Waals surface area contributed by atoms with Gasteiger partial charge in [-0.1, -0.05) is 13.8 Å². The lowest BCUT2D eigenvalue weighted by Crippen LogP contribution is -2.05. The fourth-order valence-corrected chi connectivity index (χ4v) is 1.14. The van der Waals surface area contributed by atoms with E-state index in [4.69, 9.17) is 5.11 Å². The van der Waals surface area contributed by atoms with Crippen LogP contribution in [-0.2, 0) is 13.0 Å². The molecule has 3 nitrogen and oxygen atoms in total. The van der Waals surface area contributed by atoms with Gasteiger partial charge in [-0.15, -0.1) is 0 Å². The number of aliphatic hydroxyl groups is 1. The fourth-order valence-electron chi connectivity index (χ4n) is 1.14. The zero-order chi connectivity index (χ0) is 9.84. The molecule has 1 aromatic heterocycles. The molecule has 13 heavy (non-hydrogen) atoms. The van der Waals surface area contributed by atoms with Gasteiger partial charge < -0.3 is 5.11 Å². The topological polar surface area (TPSA) is 46.0 Å². The number of aryl methyl sites for hydroxylation is 1. The summed E-state index contributed by atoms with van der Waals surface area (Å²) in [6.07, 6.45) is 2.64. The zero-order valence-electron chi connectivity index (χ0n) is 8.41. The predicted molar refractivity (Wildman–Crippen MR) is 51.2 cm³/mol. The van der Waals surface area contributed by atoms with Crippen molar-refractivity contribution >= 4 is 0 Å². The molecule has 0 amide bonds. The van der Waals surface area contributed by atoms with E-state index in [2.05, 4.69) is 23.8 Å². The average Bonchev–Trinajstić information content (AvgIpc) is 2.07. The number of rotatable bonds is 3. The summed E-state index contributed by atoms with van der Waals surface area (Å²) in [7, 11) is 0. The largest absolute Gasteiger partial charge is 0.390 e. The second-order valence-electron chi connectivity index (χ2n) is 3.67. The highest BCUT2D eigenvalue weighted by Crippen LogP contribution is 2.07. The summed E-state index contributed by atoms with van der Waals surface area (Å²) in [5.74, 6) is 1.37. The highest BCUT2D eigenvalue weighted by molar-refractivity contribution is 5.14. The molecule has 0 saturated heterocycles. The third-order valence-corrected chi connectivity index (χ3v) is 1.87. The van der Waals surface area contributed by atoms with E-state index in [-0.39, 0.29) is 6.61 Å². The Hall–Kier alpha value is -0.960. The molecule has 0 spiro atoms. The van der Waals surface area contributed by atoms with Gasteiger partial charge in [0, 0.05) is 12.6 Å². The van der Waals surface area contributed by atoms with Gasteiger partial charge in [0.2, 0.25) is 0 Å². The minimum absolute atomic E-state index is 0.000547. The molecule has 0 aliphatic carbocycles. The van der Waals surface area contributed by atoms with Crippen LogP contribution >= 0.6 is 0 Å². The lowest BCUT2D eigenvalue weighted by molar-refractivity contribution is 0.275. The van der Waals surface area contributed by atoms with Crippen LogP contribution < -0.4 is 0 Å². The zero-order valence-corrected chi connectivity index (χ0v) is 8.41. The summed E-state index contributed by atoms with van der Waals surface area (Å²) in [5, 5.41) is 8.99. The SMILES string of the molecule is Cc1cnc(CC(C)C)nc1CO. The van der Waals surface area contributed by atoms with Crippen LogP contribution in [0.4, 0.5) is 0 Å². The molecule has 1 N–H and O–H groups in total. The van der Waals surface area contributed by atoms with Crippen LogP contribution in [0.2, 0.25) is 0 Å². The van der Waals surface area contributed by atoms with Gasteiger partial charge >= 0.3 is 0 Å². The molecule has 0 radical (unpaired) electrons. The van der Waals surface area contributed by atoms with Crippen LogP contribution in [0, 0.1) is 12.8 Å². The van der Waals surface area contributed by atoms with E-state index >= 15 is 0 Å². The minimum Gasteiger partial charge on any atom is -0.390 e. The van der Waals surface area contributed by atoms with Crippen molar-refractivity contribution in [1.82, 2.24) is 9.97 Å². The number of aliphatic hydroxyl groups excluding tert-OH is 1. The molecule has 0 aromatic carbocycles. The van der Waals surface area contributed by atoms with Gasteiger partial charge in [0.05, 0.1) is 12.3 Å². The summed E-state index contributed by atoms with van der Waals surface area (Å²) in [4.78, 5) is 8.47. The highest BCUT2D eigenvalue weighted by atomic mass is 16.3. The maximum absolute atomic E-state index is 8.99. The van der Waals surface area contributed by atoms with Gasteiger partial charge in [-0.2, -0.15) is 0 Å². The average molecular weight is 180 g/mol. The maximum Gasteiger partial charge on any atom is 0.128 e. The molecule has 0 bridgehead atoms. The third-order valence-electron chi connectivity index (χ3n) is 1.87. The molecule has 1 heterocycles. The van der Waals surface area contributed by atoms with Crippen LogP contribution in [0.1, 0.15) is 30.9 Å². The van der Waals surface area contributed by atoms with Crippen LogP contribution in [0.5, 0.6) is 0 Å². The van der Waals surface area contributed by atoms with E-state index < -0.39 is 0 Å². The lowest BCUT2D eigenvalue weighted by atomic mass is 10.1. The third kappa shape index (κ3) is 2.77. The molecule has 0 fully saturated rings. The quantitative estimate of drug-likeness (QED) is 0.766. The number of nitrogens with zero attached hydrogens (tertiary/aromatic N) is 2. The monoisotopic (exact) mass is 180 g/mol. The molecule has 0 aliphatic heterocycles. The first kappa shape index (κ1) is 10.1. The Balaban J connectivity index is 2.86. The summed E-state index contributed by atoms with van der Waals surface area (Å²) < 4.78 is 0. The van der Waals surface area contributed by atoms with Crippen LogP contribution in [0.15, 0.2) is 6.20 Å². The van der Waals surface area contributed by atoms with Gasteiger partial charge in [0.25, 0.3) is 0 Å². The van der Waals surface area contributed by atoms with Crippen molar-refractivity contribution in [2.75, 3.05) is 0 Å². The fraction of sp³-hybridized carbons (Fsp3) is 0.600. The lowest BCUT2D eigenvalue weighted by Gasteiger charge is -2.06. The first-order valence-electron chi connectivity index (χ1n) is 4.55. The summed E-state index contributed by atoms with van der Waals surface area (Å²) in [5.41, 5.74) is 1.70. The van der Waals surface area contributed by atoms with Crippen molar-refractivity contribution in [2.45, 2.75) is 33.8 Å². The van der Waals surface area contributed by atoms with Crippen molar-refractivity contribution in [3.05, 3.63) is 23.3 Å². The first-order valence-corrected chi connectivity index (χ1v) is 4.55. The molecule has 1 rings (SSSR count). The Bertz CT molecular complexity index is 284. The standard InChI is InChI=1S/C10H16N2O/c1-7(2)4-10-11-5-8(3)9(6-13)12-10/h5,7,13H,4,6H2,1-3H3. The molecular formula is C10H16N2O. The maximum atomic E-state index is 8.99. The second-order valence-corrected chi connectivity index (χ2v) is 3.67. The van der Waals surface area contributed by atoms with Crippen molar-refractivity contribution in [1.29, 1.82) is 0 Å². The second kappa shape index (κ2) is 4.33. The van der Waals surface area contributed by atoms with Gasteiger partial charge in [0.15, 0.2) is 0 Å². The van der Waals surface area contributed by atoms with Crippen molar-refractivity contribution in [3.63, 3.8) is 0 Å². The summed E-state index contributed by atoms with van der Waals surface area (Å²) in [6.45, 7) is 6.16. The van der Waals surface area contributed by atoms with E-state index in [9.17, 15) is 0 Å². The Morgan fingerprint density at radius 2 is 2.15 bits per heavy atom. The number of aromatic nitrogens is 2. The van der Waals surface area contributed by atoms with Gasteiger partial charge in [0.1, 0.15) is 5.82 Å². The Morgan fingerprint density at radius 3 is 2.69 bits per heavy atom. The predicted octanol–water partition coefficient (Wildman–Crippen LogP) is 1.48. The molecule has 0 unspecified atom stereocenters. The Kier molecular flexibility index (Phi) is 3.37. The van der Waals surface area contributed by atoms with Gasteiger partial charge in [-0.3, -0.25) is 0 Å².